The van der Waals surface area contributed by atoms with Crippen LogP contribution in [-0.4, -0.2) is 15.5 Å². The van der Waals surface area contributed by atoms with Gasteiger partial charge in [-0.05, 0) is 51.7 Å². The Bertz CT molecular complexity index is 966. The lowest BCUT2D eigenvalue weighted by Gasteiger charge is -2.10. The van der Waals surface area contributed by atoms with Crippen LogP contribution in [0, 0.1) is 0 Å². The van der Waals surface area contributed by atoms with Crippen molar-refractivity contribution in [2.24, 2.45) is 0 Å². The van der Waals surface area contributed by atoms with E-state index in [0.717, 1.165) is 38.3 Å². The van der Waals surface area contributed by atoms with Gasteiger partial charge < -0.3 is 0 Å². The predicted molar refractivity (Wildman–Crippen MR) is 104 cm³/mol. The number of fused-ring (bicyclic) bond motifs is 3. The Morgan fingerprint density at radius 1 is 1.25 bits per heavy atom. The second-order valence-electron chi connectivity index (χ2n) is 5.49. The van der Waals surface area contributed by atoms with Gasteiger partial charge in [0.05, 0.1) is 20.2 Å². The van der Waals surface area contributed by atoms with Crippen LogP contribution in [0.3, 0.4) is 0 Å². The lowest BCUT2D eigenvalue weighted by Crippen LogP contribution is -2.24. The standard InChI is InChI=1S/C17H12BrClN2OS2/c18-14-8-13-16-11(5-6-23-17(13)24-14)7-15(22)21(20-16)9-10-1-3-12(19)4-2-10/h1-4,7-8H,5-6,9H2. The van der Waals surface area contributed by atoms with Crippen molar-refractivity contribution < 1.29 is 0 Å². The normalized spacial score (nSPS) is 13.2. The van der Waals surface area contributed by atoms with Gasteiger partial charge in [0.1, 0.15) is 0 Å². The number of benzene rings is 1. The van der Waals surface area contributed by atoms with Crippen LogP contribution in [0.25, 0.3) is 11.3 Å². The van der Waals surface area contributed by atoms with Crippen molar-refractivity contribution in [3.05, 3.63) is 66.7 Å². The topological polar surface area (TPSA) is 34.9 Å². The van der Waals surface area contributed by atoms with Gasteiger partial charge in [0.15, 0.2) is 0 Å². The monoisotopic (exact) mass is 438 g/mol. The first-order chi connectivity index (χ1) is 11.6. The molecule has 0 atom stereocenters. The molecule has 0 saturated carbocycles. The van der Waals surface area contributed by atoms with Crippen molar-refractivity contribution in [3.8, 4) is 11.3 Å². The maximum Gasteiger partial charge on any atom is 0.267 e. The molecule has 4 rings (SSSR count). The summed E-state index contributed by atoms with van der Waals surface area (Å²) in [5.74, 6) is 0.968. The van der Waals surface area contributed by atoms with E-state index in [2.05, 4.69) is 27.1 Å². The van der Waals surface area contributed by atoms with E-state index in [1.165, 1.54) is 8.89 Å². The molecule has 0 amide bonds. The zero-order chi connectivity index (χ0) is 16.7. The number of nitrogens with zero attached hydrogens (tertiary/aromatic N) is 2. The molecule has 1 aromatic carbocycles. The molecule has 7 heteroatoms. The Morgan fingerprint density at radius 3 is 2.83 bits per heavy atom. The average molecular weight is 440 g/mol. The van der Waals surface area contributed by atoms with Gasteiger partial charge in [-0.15, -0.1) is 23.1 Å². The summed E-state index contributed by atoms with van der Waals surface area (Å²) in [6, 6.07) is 11.3. The van der Waals surface area contributed by atoms with Crippen LogP contribution in [0.1, 0.15) is 11.1 Å². The molecule has 0 fully saturated rings. The van der Waals surface area contributed by atoms with Crippen LogP contribution < -0.4 is 5.56 Å². The Kier molecular flexibility index (Phi) is 4.56. The van der Waals surface area contributed by atoms with Crippen LogP contribution >= 0.6 is 50.6 Å². The van der Waals surface area contributed by atoms with Crippen molar-refractivity contribution in [2.45, 2.75) is 17.2 Å². The van der Waals surface area contributed by atoms with Gasteiger partial charge in [-0.1, -0.05) is 23.7 Å². The smallest absolute Gasteiger partial charge is 0.267 e. The maximum absolute atomic E-state index is 12.5. The molecular formula is C17H12BrClN2OS2. The lowest BCUT2D eigenvalue weighted by molar-refractivity contribution is 0.638. The Morgan fingerprint density at radius 2 is 2.04 bits per heavy atom. The molecule has 2 aromatic heterocycles. The van der Waals surface area contributed by atoms with E-state index in [9.17, 15) is 4.79 Å². The number of aromatic nitrogens is 2. The fourth-order valence-corrected chi connectivity index (χ4v) is 6.05. The second kappa shape index (κ2) is 6.67. The van der Waals surface area contributed by atoms with Crippen molar-refractivity contribution in [3.63, 3.8) is 0 Å². The van der Waals surface area contributed by atoms with Crippen molar-refractivity contribution in [1.82, 2.24) is 9.78 Å². The minimum atomic E-state index is -0.0635. The highest BCUT2D eigenvalue weighted by Crippen LogP contribution is 2.43. The first-order valence-corrected chi connectivity index (χ1v) is 10.4. The summed E-state index contributed by atoms with van der Waals surface area (Å²) in [5, 5.41) is 5.37. The van der Waals surface area contributed by atoms with Crippen LogP contribution in [-0.2, 0) is 13.0 Å². The Hall–Kier alpha value is -1.08. The maximum atomic E-state index is 12.5. The number of thiophene rings is 1. The summed E-state index contributed by atoms with van der Waals surface area (Å²) in [6.45, 7) is 0.442. The molecule has 0 radical (unpaired) electrons. The Labute approximate surface area is 160 Å². The zero-order valence-electron chi connectivity index (χ0n) is 12.5. The third-order valence-electron chi connectivity index (χ3n) is 3.85. The van der Waals surface area contributed by atoms with Crippen LogP contribution in [0.15, 0.2) is 49.2 Å². The summed E-state index contributed by atoms with van der Waals surface area (Å²) >= 11 is 13.0. The van der Waals surface area contributed by atoms with Gasteiger partial charge in [0.25, 0.3) is 5.56 Å². The zero-order valence-corrected chi connectivity index (χ0v) is 16.4. The predicted octanol–water partition coefficient (Wildman–Crippen LogP) is 5.08. The van der Waals surface area contributed by atoms with E-state index in [1.54, 1.807) is 17.4 Å². The van der Waals surface area contributed by atoms with Crippen molar-refractivity contribution >= 4 is 50.6 Å². The van der Waals surface area contributed by atoms with Gasteiger partial charge >= 0.3 is 0 Å². The molecular weight excluding hydrogens is 428 g/mol. The summed E-state index contributed by atoms with van der Waals surface area (Å²) in [6.07, 6.45) is 0.864. The Balaban J connectivity index is 1.80. The van der Waals surface area contributed by atoms with E-state index < -0.39 is 0 Å². The first kappa shape index (κ1) is 16.4. The number of hydrogen-bond acceptors (Lipinski definition) is 4. The van der Waals surface area contributed by atoms with Crippen molar-refractivity contribution in [2.75, 3.05) is 5.75 Å². The number of halogens is 2. The number of hydrogen-bond donors (Lipinski definition) is 0. The number of thioether (sulfide) groups is 1. The van der Waals surface area contributed by atoms with Gasteiger partial charge in [-0.25, -0.2) is 4.68 Å². The van der Waals surface area contributed by atoms with E-state index in [1.807, 2.05) is 36.0 Å². The molecule has 0 N–H and O–H groups in total. The van der Waals surface area contributed by atoms with Crippen LogP contribution in [0.4, 0.5) is 0 Å². The van der Waals surface area contributed by atoms with Gasteiger partial charge in [0, 0.05) is 22.4 Å². The van der Waals surface area contributed by atoms with Crippen LogP contribution in [0.2, 0.25) is 5.02 Å². The fraction of sp³-hybridized carbons (Fsp3) is 0.176. The highest BCUT2D eigenvalue weighted by atomic mass is 79.9. The SMILES string of the molecule is O=c1cc2c(nn1Cc1ccc(Cl)cc1)-c1cc(Br)sc1SCC2. The van der Waals surface area contributed by atoms with E-state index >= 15 is 0 Å². The average Bonchev–Trinajstić information content (AvgIpc) is 2.85. The minimum Gasteiger partial charge on any atom is -0.268 e. The third kappa shape index (κ3) is 3.20. The highest BCUT2D eigenvalue weighted by Gasteiger charge is 2.20. The molecule has 1 aliphatic heterocycles. The van der Waals surface area contributed by atoms with Gasteiger partial charge in [-0.2, -0.15) is 5.10 Å². The number of rotatable bonds is 2. The fourth-order valence-electron chi connectivity index (χ4n) is 2.69. The van der Waals surface area contributed by atoms with Gasteiger partial charge in [0.2, 0.25) is 0 Å². The molecule has 3 nitrogen and oxygen atoms in total. The molecule has 0 spiro atoms. The minimum absolute atomic E-state index is 0.0635. The molecule has 3 aromatic rings. The van der Waals surface area contributed by atoms with Gasteiger partial charge in [-0.3, -0.25) is 4.79 Å². The molecule has 0 bridgehead atoms. The first-order valence-electron chi connectivity index (χ1n) is 7.38. The molecule has 0 saturated heterocycles. The molecule has 0 aliphatic carbocycles. The van der Waals surface area contributed by atoms with E-state index in [-0.39, 0.29) is 5.56 Å². The molecule has 24 heavy (non-hydrogen) atoms. The second-order valence-corrected chi connectivity index (χ2v) is 9.72. The summed E-state index contributed by atoms with van der Waals surface area (Å²) < 4.78 is 3.88. The largest absolute Gasteiger partial charge is 0.268 e. The molecule has 122 valence electrons. The molecule has 0 unspecified atom stereocenters. The summed E-state index contributed by atoms with van der Waals surface area (Å²) in [5.41, 5.74) is 4.01. The van der Waals surface area contributed by atoms with E-state index in [4.69, 9.17) is 11.6 Å². The summed E-state index contributed by atoms with van der Waals surface area (Å²) in [4.78, 5) is 12.5. The lowest BCUT2D eigenvalue weighted by atomic mass is 10.1. The molecule has 3 heterocycles. The van der Waals surface area contributed by atoms with E-state index in [0.29, 0.717) is 11.6 Å². The summed E-state index contributed by atoms with van der Waals surface area (Å²) in [7, 11) is 0. The van der Waals surface area contributed by atoms with Crippen molar-refractivity contribution in [1.29, 1.82) is 0 Å². The highest BCUT2D eigenvalue weighted by molar-refractivity contribution is 9.11. The quantitative estimate of drug-likeness (QED) is 0.558. The molecule has 1 aliphatic rings. The third-order valence-corrected chi connectivity index (χ3v) is 7.03. The van der Waals surface area contributed by atoms with Crippen LogP contribution in [0.5, 0.6) is 0 Å². The number of aryl methyl sites for hydroxylation is 1.